The van der Waals surface area contributed by atoms with Crippen molar-refractivity contribution in [3.05, 3.63) is 41.0 Å². The molecule has 2 rings (SSSR count). The van der Waals surface area contributed by atoms with Crippen LogP contribution < -0.4 is 9.47 Å². The number of rotatable bonds is 3. The standard InChI is InChI=1S/C17H20O3/c1-10-6-12(3)17(18)14(7-10)13-9-16(20-5)15(19-4)8-11(13)2/h6-9,18H,1-5H3. The maximum absolute atomic E-state index is 10.3. The van der Waals surface area contributed by atoms with Gasteiger partial charge in [0, 0.05) is 5.56 Å². The third-order valence-corrected chi connectivity index (χ3v) is 3.47. The molecule has 0 saturated heterocycles. The summed E-state index contributed by atoms with van der Waals surface area (Å²) in [6.45, 7) is 5.92. The van der Waals surface area contributed by atoms with Crippen LogP contribution in [0.2, 0.25) is 0 Å². The predicted octanol–water partition coefficient (Wildman–Crippen LogP) is 4.00. The van der Waals surface area contributed by atoms with Crippen molar-refractivity contribution >= 4 is 0 Å². The van der Waals surface area contributed by atoms with E-state index in [1.54, 1.807) is 14.2 Å². The largest absolute Gasteiger partial charge is 0.507 e. The zero-order chi connectivity index (χ0) is 14.9. The third kappa shape index (κ3) is 2.44. The minimum absolute atomic E-state index is 0.311. The lowest BCUT2D eigenvalue weighted by molar-refractivity contribution is 0.355. The molecule has 0 atom stereocenters. The van der Waals surface area contributed by atoms with Crippen LogP contribution in [0.5, 0.6) is 17.2 Å². The van der Waals surface area contributed by atoms with Crippen molar-refractivity contribution in [1.29, 1.82) is 0 Å². The molecule has 0 bridgehead atoms. The highest BCUT2D eigenvalue weighted by Crippen LogP contribution is 2.40. The molecular weight excluding hydrogens is 252 g/mol. The Hall–Kier alpha value is -2.16. The van der Waals surface area contributed by atoms with Crippen molar-refractivity contribution < 1.29 is 14.6 Å². The summed E-state index contributed by atoms with van der Waals surface area (Å²) < 4.78 is 10.6. The topological polar surface area (TPSA) is 38.7 Å². The van der Waals surface area contributed by atoms with Crippen LogP contribution in [0.4, 0.5) is 0 Å². The van der Waals surface area contributed by atoms with E-state index in [1.807, 2.05) is 45.0 Å². The summed E-state index contributed by atoms with van der Waals surface area (Å²) in [7, 11) is 3.23. The molecule has 0 amide bonds. The number of methoxy groups -OCH3 is 2. The van der Waals surface area contributed by atoms with Crippen LogP contribution in [0.25, 0.3) is 11.1 Å². The second kappa shape index (κ2) is 5.45. The van der Waals surface area contributed by atoms with Crippen molar-refractivity contribution in [3.8, 4) is 28.4 Å². The van der Waals surface area contributed by atoms with E-state index >= 15 is 0 Å². The Bertz CT molecular complexity index is 645. The lowest BCUT2D eigenvalue weighted by Crippen LogP contribution is -1.94. The van der Waals surface area contributed by atoms with E-state index in [-0.39, 0.29) is 0 Å². The van der Waals surface area contributed by atoms with Crippen LogP contribution in [-0.4, -0.2) is 19.3 Å². The number of aromatic hydroxyl groups is 1. The summed E-state index contributed by atoms with van der Waals surface area (Å²) >= 11 is 0. The van der Waals surface area contributed by atoms with Gasteiger partial charge in [-0.1, -0.05) is 6.07 Å². The predicted molar refractivity (Wildman–Crippen MR) is 80.9 cm³/mol. The first-order valence-electron chi connectivity index (χ1n) is 6.51. The molecule has 0 radical (unpaired) electrons. The number of ether oxygens (including phenoxy) is 2. The first-order valence-corrected chi connectivity index (χ1v) is 6.51. The summed E-state index contributed by atoms with van der Waals surface area (Å²) in [5.74, 6) is 1.66. The maximum atomic E-state index is 10.3. The van der Waals surface area contributed by atoms with Crippen molar-refractivity contribution in [3.63, 3.8) is 0 Å². The van der Waals surface area contributed by atoms with Gasteiger partial charge in [-0.05, 0) is 61.2 Å². The van der Waals surface area contributed by atoms with Gasteiger partial charge in [-0.3, -0.25) is 0 Å². The average Bonchev–Trinajstić information content (AvgIpc) is 2.42. The first-order chi connectivity index (χ1) is 9.47. The molecule has 20 heavy (non-hydrogen) atoms. The fraction of sp³-hybridized carbons (Fsp3) is 0.294. The van der Waals surface area contributed by atoms with Crippen LogP contribution >= 0.6 is 0 Å². The van der Waals surface area contributed by atoms with Gasteiger partial charge in [-0.25, -0.2) is 0 Å². The fourth-order valence-corrected chi connectivity index (χ4v) is 2.44. The van der Waals surface area contributed by atoms with Crippen LogP contribution in [0.3, 0.4) is 0 Å². The van der Waals surface area contributed by atoms with Crippen LogP contribution in [0.15, 0.2) is 24.3 Å². The summed E-state index contributed by atoms with van der Waals surface area (Å²) in [4.78, 5) is 0. The Kier molecular flexibility index (Phi) is 3.89. The minimum atomic E-state index is 0.311. The normalized spacial score (nSPS) is 10.4. The summed E-state index contributed by atoms with van der Waals surface area (Å²) in [6.07, 6.45) is 0. The smallest absolute Gasteiger partial charge is 0.161 e. The quantitative estimate of drug-likeness (QED) is 0.917. The molecular formula is C17H20O3. The van der Waals surface area contributed by atoms with E-state index in [1.165, 1.54) is 0 Å². The van der Waals surface area contributed by atoms with Gasteiger partial charge in [-0.15, -0.1) is 0 Å². The van der Waals surface area contributed by atoms with Gasteiger partial charge in [0.05, 0.1) is 14.2 Å². The SMILES string of the molecule is COc1cc(C)c(-c2cc(C)cc(C)c2O)cc1OC. The summed E-state index contributed by atoms with van der Waals surface area (Å²) in [6, 6.07) is 7.78. The summed E-state index contributed by atoms with van der Waals surface area (Å²) in [5, 5.41) is 10.3. The van der Waals surface area contributed by atoms with Gasteiger partial charge < -0.3 is 14.6 Å². The summed E-state index contributed by atoms with van der Waals surface area (Å²) in [5.41, 5.74) is 4.79. The molecule has 3 nitrogen and oxygen atoms in total. The number of benzene rings is 2. The number of hydrogen-bond donors (Lipinski definition) is 1. The second-order valence-corrected chi connectivity index (χ2v) is 5.00. The molecule has 0 aromatic heterocycles. The molecule has 0 saturated carbocycles. The minimum Gasteiger partial charge on any atom is -0.507 e. The van der Waals surface area contributed by atoms with Gasteiger partial charge in [0.15, 0.2) is 11.5 Å². The van der Waals surface area contributed by atoms with E-state index in [0.717, 1.165) is 27.8 Å². The number of aryl methyl sites for hydroxylation is 3. The van der Waals surface area contributed by atoms with Crippen molar-refractivity contribution in [1.82, 2.24) is 0 Å². The van der Waals surface area contributed by atoms with Gasteiger partial charge in [-0.2, -0.15) is 0 Å². The van der Waals surface area contributed by atoms with Gasteiger partial charge in [0.2, 0.25) is 0 Å². The highest BCUT2D eigenvalue weighted by Gasteiger charge is 2.14. The molecule has 0 unspecified atom stereocenters. The van der Waals surface area contributed by atoms with E-state index < -0.39 is 0 Å². The molecule has 2 aromatic rings. The Balaban J connectivity index is 2.70. The second-order valence-electron chi connectivity index (χ2n) is 5.00. The zero-order valence-corrected chi connectivity index (χ0v) is 12.6. The monoisotopic (exact) mass is 272 g/mol. The lowest BCUT2D eigenvalue weighted by atomic mass is 9.95. The van der Waals surface area contributed by atoms with Gasteiger partial charge in [0.25, 0.3) is 0 Å². The Morgan fingerprint density at radius 3 is 1.95 bits per heavy atom. The van der Waals surface area contributed by atoms with Gasteiger partial charge in [0.1, 0.15) is 5.75 Å². The van der Waals surface area contributed by atoms with E-state index in [2.05, 4.69) is 0 Å². The number of phenolic OH excluding ortho intramolecular Hbond substituents is 1. The van der Waals surface area contributed by atoms with Crippen LogP contribution in [0.1, 0.15) is 16.7 Å². The van der Waals surface area contributed by atoms with Crippen molar-refractivity contribution in [2.75, 3.05) is 14.2 Å². The van der Waals surface area contributed by atoms with Crippen LogP contribution in [-0.2, 0) is 0 Å². The van der Waals surface area contributed by atoms with Crippen molar-refractivity contribution in [2.24, 2.45) is 0 Å². The maximum Gasteiger partial charge on any atom is 0.161 e. The Labute approximate surface area is 119 Å². The first kappa shape index (κ1) is 14.3. The molecule has 106 valence electrons. The molecule has 0 heterocycles. The molecule has 0 aliphatic carbocycles. The molecule has 3 heteroatoms. The van der Waals surface area contributed by atoms with Crippen molar-refractivity contribution in [2.45, 2.75) is 20.8 Å². The van der Waals surface area contributed by atoms with E-state index in [4.69, 9.17) is 9.47 Å². The zero-order valence-electron chi connectivity index (χ0n) is 12.6. The highest BCUT2D eigenvalue weighted by atomic mass is 16.5. The van der Waals surface area contributed by atoms with E-state index in [0.29, 0.717) is 17.2 Å². The highest BCUT2D eigenvalue weighted by molar-refractivity contribution is 5.77. The number of phenols is 1. The number of hydrogen-bond acceptors (Lipinski definition) is 3. The average molecular weight is 272 g/mol. The molecule has 0 fully saturated rings. The molecule has 1 N–H and O–H groups in total. The van der Waals surface area contributed by atoms with Crippen LogP contribution in [0, 0.1) is 20.8 Å². The molecule has 0 spiro atoms. The lowest BCUT2D eigenvalue weighted by Gasteiger charge is -2.15. The molecule has 0 aliphatic heterocycles. The molecule has 0 aliphatic rings. The van der Waals surface area contributed by atoms with Gasteiger partial charge >= 0.3 is 0 Å². The fourth-order valence-electron chi connectivity index (χ4n) is 2.44. The Morgan fingerprint density at radius 1 is 0.750 bits per heavy atom. The Morgan fingerprint density at radius 2 is 1.35 bits per heavy atom. The molecule has 2 aromatic carbocycles. The van der Waals surface area contributed by atoms with E-state index in [9.17, 15) is 5.11 Å². The third-order valence-electron chi connectivity index (χ3n) is 3.47.